The average Bonchev–Trinajstić information content (AvgIpc) is 1.78. The Morgan fingerprint density at radius 2 is 2.20 bits per heavy atom. The number of hydrogen-bond donors (Lipinski definition) is 1. The number of nitrogens with two attached hydrogens (primary N) is 1. The van der Waals surface area contributed by atoms with E-state index in [4.69, 9.17) is 28.9 Å². The van der Waals surface area contributed by atoms with E-state index in [1.165, 1.54) is 0 Å². The third kappa shape index (κ3) is 1.47. The Morgan fingerprint density at radius 1 is 1.60 bits per heavy atom. The zero-order valence-corrected chi connectivity index (χ0v) is 7.21. The Hall–Kier alpha value is -0.140. The summed E-state index contributed by atoms with van der Waals surface area (Å²) in [4.78, 5) is -0.486. The molecule has 0 radical (unpaired) electrons. The van der Waals surface area contributed by atoms with Gasteiger partial charge in [-0.25, -0.2) is 0 Å². The van der Waals surface area contributed by atoms with Crippen molar-refractivity contribution >= 4 is 23.2 Å². The third-order valence-corrected chi connectivity index (χ3v) is 2.45. The normalized spacial score (nSPS) is 33.1. The molecule has 0 aliphatic heterocycles. The number of rotatable bonds is 0. The summed E-state index contributed by atoms with van der Waals surface area (Å²) in [6, 6.07) is 0. The van der Waals surface area contributed by atoms with Gasteiger partial charge in [0.1, 0.15) is 0 Å². The first-order chi connectivity index (χ1) is 4.52. The largest absolute Gasteiger partial charge is 0.402 e. The monoisotopic (exact) mass is 177 g/mol. The van der Waals surface area contributed by atoms with Gasteiger partial charge in [0.25, 0.3) is 0 Å². The Morgan fingerprint density at radius 3 is 2.60 bits per heavy atom. The highest BCUT2D eigenvalue weighted by molar-refractivity contribution is 6.39. The molecule has 1 atom stereocenters. The van der Waals surface area contributed by atoms with Gasteiger partial charge >= 0.3 is 0 Å². The lowest BCUT2D eigenvalue weighted by Crippen LogP contribution is -2.22. The van der Waals surface area contributed by atoms with Gasteiger partial charge in [-0.2, -0.15) is 0 Å². The lowest BCUT2D eigenvalue weighted by atomic mass is 9.99. The predicted molar refractivity (Wildman–Crippen MR) is 45.1 cm³/mol. The van der Waals surface area contributed by atoms with Gasteiger partial charge in [-0.15, -0.1) is 11.6 Å². The minimum Gasteiger partial charge on any atom is -0.402 e. The molecule has 0 fully saturated rings. The standard InChI is InChI=1S/C7H9Cl2N/c1-7(9)4-5(10)2-3-6(7)8/h2-3H,4,10H2,1H3. The van der Waals surface area contributed by atoms with Crippen molar-refractivity contribution in [3.8, 4) is 0 Å². The molecule has 0 aromatic rings. The fourth-order valence-corrected chi connectivity index (χ4v) is 1.23. The first-order valence-corrected chi connectivity index (χ1v) is 3.79. The van der Waals surface area contributed by atoms with Crippen molar-refractivity contribution in [1.29, 1.82) is 0 Å². The van der Waals surface area contributed by atoms with Gasteiger partial charge in [0.05, 0.1) is 4.87 Å². The molecule has 2 N–H and O–H groups in total. The maximum Gasteiger partial charge on any atom is 0.0826 e. The van der Waals surface area contributed by atoms with E-state index in [9.17, 15) is 0 Å². The molecule has 0 aromatic heterocycles. The van der Waals surface area contributed by atoms with Crippen LogP contribution in [0.2, 0.25) is 0 Å². The van der Waals surface area contributed by atoms with Crippen LogP contribution in [0.4, 0.5) is 0 Å². The molecular formula is C7H9Cl2N. The molecule has 1 unspecified atom stereocenters. The number of hydrogen-bond acceptors (Lipinski definition) is 1. The Labute approximate surface area is 70.5 Å². The highest BCUT2D eigenvalue weighted by atomic mass is 35.5. The average molecular weight is 178 g/mol. The molecule has 0 bridgehead atoms. The van der Waals surface area contributed by atoms with Gasteiger partial charge in [-0.05, 0) is 19.1 Å². The van der Waals surface area contributed by atoms with Crippen LogP contribution in [0.5, 0.6) is 0 Å². The minimum absolute atomic E-state index is 0.486. The van der Waals surface area contributed by atoms with Gasteiger partial charge in [0, 0.05) is 17.2 Å². The zero-order chi connectivity index (χ0) is 7.78. The number of allylic oxidation sites excluding steroid dienone is 4. The highest BCUT2D eigenvalue weighted by Crippen LogP contribution is 2.35. The molecule has 1 aliphatic rings. The second kappa shape index (κ2) is 2.48. The second-order valence-electron chi connectivity index (χ2n) is 2.63. The maximum atomic E-state index is 6.00. The molecule has 0 amide bonds. The van der Waals surface area contributed by atoms with E-state index in [1.807, 2.05) is 6.92 Å². The molecule has 0 spiro atoms. The van der Waals surface area contributed by atoms with Crippen LogP contribution in [-0.2, 0) is 0 Å². The van der Waals surface area contributed by atoms with Gasteiger partial charge < -0.3 is 5.73 Å². The van der Waals surface area contributed by atoms with E-state index in [2.05, 4.69) is 0 Å². The van der Waals surface area contributed by atoms with E-state index in [0.717, 1.165) is 5.70 Å². The summed E-state index contributed by atoms with van der Waals surface area (Å²) in [5.74, 6) is 0. The van der Waals surface area contributed by atoms with E-state index < -0.39 is 4.87 Å². The molecule has 1 rings (SSSR count). The van der Waals surface area contributed by atoms with Gasteiger partial charge in [0.2, 0.25) is 0 Å². The molecular weight excluding hydrogens is 169 g/mol. The van der Waals surface area contributed by atoms with Crippen LogP contribution >= 0.6 is 23.2 Å². The van der Waals surface area contributed by atoms with Gasteiger partial charge in [-0.3, -0.25) is 0 Å². The summed E-state index contributed by atoms with van der Waals surface area (Å²) >= 11 is 11.8. The molecule has 0 saturated heterocycles. The van der Waals surface area contributed by atoms with Gasteiger partial charge in [-0.1, -0.05) is 11.6 Å². The van der Waals surface area contributed by atoms with Crippen LogP contribution in [0.15, 0.2) is 22.9 Å². The smallest absolute Gasteiger partial charge is 0.0826 e. The van der Waals surface area contributed by atoms with Crippen LogP contribution in [-0.4, -0.2) is 4.87 Å². The molecule has 3 heteroatoms. The van der Waals surface area contributed by atoms with Crippen LogP contribution < -0.4 is 5.73 Å². The molecule has 1 nitrogen and oxygen atoms in total. The van der Waals surface area contributed by atoms with E-state index >= 15 is 0 Å². The molecule has 1 aliphatic carbocycles. The Balaban J connectivity index is 2.89. The Kier molecular flexibility index (Phi) is 1.97. The van der Waals surface area contributed by atoms with Gasteiger partial charge in [0.15, 0.2) is 0 Å². The lowest BCUT2D eigenvalue weighted by Gasteiger charge is -2.24. The summed E-state index contributed by atoms with van der Waals surface area (Å²) in [7, 11) is 0. The SMILES string of the molecule is CC1(Cl)CC(N)=CC=C1Cl. The fourth-order valence-electron chi connectivity index (χ4n) is 0.881. The van der Waals surface area contributed by atoms with Crippen molar-refractivity contribution in [2.24, 2.45) is 5.73 Å². The molecule has 0 heterocycles. The van der Waals surface area contributed by atoms with Crippen LogP contribution in [0.1, 0.15) is 13.3 Å². The van der Waals surface area contributed by atoms with Crippen molar-refractivity contribution in [3.05, 3.63) is 22.9 Å². The van der Waals surface area contributed by atoms with E-state index in [-0.39, 0.29) is 0 Å². The third-order valence-electron chi connectivity index (χ3n) is 1.48. The lowest BCUT2D eigenvalue weighted by molar-refractivity contribution is 0.730. The summed E-state index contributed by atoms with van der Waals surface area (Å²) in [6.07, 6.45) is 4.16. The second-order valence-corrected chi connectivity index (χ2v) is 3.87. The molecule has 0 aromatic carbocycles. The fraction of sp³-hybridized carbons (Fsp3) is 0.429. The van der Waals surface area contributed by atoms with Crippen LogP contribution in [0.3, 0.4) is 0 Å². The zero-order valence-electron chi connectivity index (χ0n) is 5.70. The molecule has 56 valence electrons. The summed E-state index contributed by atoms with van der Waals surface area (Å²) in [5, 5.41) is 0.656. The van der Waals surface area contributed by atoms with Crippen LogP contribution in [0.25, 0.3) is 0 Å². The quantitative estimate of drug-likeness (QED) is 0.566. The van der Waals surface area contributed by atoms with E-state index in [1.54, 1.807) is 12.2 Å². The van der Waals surface area contributed by atoms with Crippen LogP contribution in [0, 0.1) is 0 Å². The van der Waals surface area contributed by atoms with Crippen molar-refractivity contribution in [3.63, 3.8) is 0 Å². The first kappa shape index (κ1) is 7.96. The number of alkyl halides is 1. The summed E-state index contributed by atoms with van der Waals surface area (Å²) < 4.78 is 0. The summed E-state index contributed by atoms with van der Waals surface area (Å²) in [5.41, 5.74) is 6.33. The van der Waals surface area contributed by atoms with E-state index in [0.29, 0.717) is 11.5 Å². The molecule has 10 heavy (non-hydrogen) atoms. The van der Waals surface area contributed by atoms with Crippen molar-refractivity contribution in [2.75, 3.05) is 0 Å². The number of halogens is 2. The maximum absolute atomic E-state index is 6.00. The Bertz CT molecular complexity index is 204. The predicted octanol–water partition coefficient (Wildman–Crippen LogP) is 2.35. The van der Waals surface area contributed by atoms with Crippen molar-refractivity contribution < 1.29 is 0 Å². The van der Waals surface area contributed by atoms with Crippen molar-refractivity contribution in [2.45, 2.75) is 18.2 Å². The minimum atomic E-state index is -0.486. The topological polar surface area (TPSA) is 26.0 Å². The van der Waals surface area contributed by atoms with Crippen molar-refractivity contribution in [1.82, 2.24) is 0 Å². The highest BCUT2D eigenvalue weighted by Gasteiger charge is 2.27. The first-order valence-electron chi connectivity index (χ1n) is 3.03. The summed E-state index contributed by atoms with van der Waals surface area (Å²) in [6.45, 7) is 1.85. The molecule has 0 saturated carbocycles.